The lowest BCUT2D eigenvalue weighted by Gasteiger charge is -2.42. The molecular weight excluding hydrogens is 396 g/mol. The van der Waals surface area contributed by atoms with E-state index in [9.17, 15) is 14.4 Å². The zero-order valence-electron chi connectivity index (χ0n) is 17.0. The summed E-state index contributed by atoms with van der Waals surface area (Å²) in [6.07, 6.45) is 2.44. The van der Waals surface area contributed by atoms with Crippen LogP contribution in [0, 0.1) is 16.5 Å². The molecule has 2 aliphatic heterocycles. The van der Waals surface area contributed by atoms with Crippen LogP contribution in [0.1, 0.15) is 40.0 Å². The molecule has 1 aromatic heterocycles. The molecule has 1 amide bonds. The number of carbonyl (C=O) groups is 3. The first-order chi connectivity index (χ1) is 13.6. The molecule has 0 N–H and O–H groups in total. The fourth-order valence-electron chi connectivity index (χ4n) is 4.14. The Morgan fingerprint density at radius 3 is 2.24 bits per heavy atom. The number of esters is 1. The van der Waals surface area contributed by atoms with E-state index in [0.717, 1.165) is 0 Å². The molecule has 0 saturated carbocycles. The van der Waals surface area contributed by atoms with E-state index in [2.05, 4.69) is 0 Å². The van der Waals surface area contributed by atoms with Crippen LogP contribution in [0.3, 0.4) is 0 Å². The van der Waals surface area contributed by atoms with Crippen molar-refractivity contribution in [3.63, 3.8) is 0 Å². The van der Waals surface area contributed by atoms with Crippen LogP contribution in [-0.4, -0.2) is 52.5 Å². The summed E-state index contributed by atoms with van der Waals surface area (Å²) in [6, 6.07) is 4.32. The molecule has 8 nitrogen and oxygen atoms in total. The van der Waals surface area contributed by atoms with Crippen molar-refractivity contribution in [1.82, 2.24) is 9.63 Å². The van der Waals surface area contributed by atoms with Gasteiger partial charge in [0, 0.05) is 18.3 Å². The minimum Gasteiger partial charge on any atom is -0.469 e. The molecule has 4 atom stereocenters. The lowest BCUT2D eigenvalue weighted by molar-refractivity contribution is -0.159. The molecule has 0 aromatic carbocycles. The van der Waals surface area contributed by atoms with Gasteiger partial charge in [-0.05, 0) is 52.2 Å². The maximum atomic E-state index is 13.0. The fraction of sp³-hybridized carbons (Fsp3) is 0.600. The van der Waals surface area contributed by atoms with Crippen molar-refractivity contribution < 1.29 is 28.7 Å². The maximum absolute atomic E-state index is 13.0. The topological polar surface area (TPSA) is 87.1 Å². The van der Waals surface area contributed by atoms with Crippen LogP contribution >= 0.6 is 12.2 Å². The van der Waals surface area contributed by atoms with E-state index in [4.69, 9.17) is 26.5 Å². The Morgan fingerprint density at radius 2 is 1.69 bits per heavy atom. The number of rotatable bonds is 3. The Kier molecular flexibility index (Phi) is 5.97. The molecule has 1 unspecified atom stereocenters. The molecule has 3 rings (SSSR count). The summed E-state index contributed by atoms with van der Waals surface area (Å²) >= 11 is 5.17. The zero-order chi connectivity index (χ0) is 21.3. The van der Waals surface area contributed by atoms with Crippen LogP contribution in [0.25, 0.3) is 0 Å². The van der Waals surface area contributed by atoms with Gasteiger partial charge in [-0.1, -0.05) is 18.3 Å². The number of nitrogens with zero attached hydrogens (tertiary/aromatic N) is 2. The molecule has 2 saturated heterocycles. The van der Waals surface area contributed by atoms with Gasteiger partial charge in [-0.3, -0.25) is 4.79 Å². The summed E-state index contributed by atoms with van der Waals surface area (Å²) in [5.74, 6) is -2.29. The van der Waals surface area contributed by atoms with Gasteiger partial charge in [0.25, 0.3) is 0 Å². The number of piperidine rings is 1. The average molecular weight is 423 g/mol. The second-order valence-corrected chi connectivity index (χ2v) is 8.76. The molecule has 9 heteroatoms. The van der Waals surface area contributed by atoms with E-state index in [1.165, 1.54) is 16.7 Å². The van der Waals surface area contributed by atoms with Crippen molar-refractivity contribution in [1.29, 1.82) is 0 Å². The van der Waals surface area contributed by atoms with E-state index in [1.54, 1.807) is 45.2 Å². The largest absolute Gasteiger partial charge is 0.469 e. The van der Waals surface area contributed by atoms with Gasteiger partial charge in [0.05, 0.1) is 18.9 Å². The van der Waals surface area contributed by atoms with Crippen LogP contribution in [0.2, 0.25) is 0 Å². The van der Waals surface area contributed by atoms with Crippen LogP contribution in [0.4, 0.5) is 4.79 Å². The monoisotopic (exact) mass is 422 g/mol. The van der Waals surface area contributed by atoms with Gasteiger partial charge in [-0.25, -0.2) is 9.59 Å². The van der Waals surface area contributed by atoms with Crippen LogP contribution in [-0.2, 0) is 19.1 Å². The van der Waals surface area contributed by atoms with Crippen LogP contribution in [0.15, 0.2) is 24.4 Å². The van der Waals surface area contributed by atoms with Gasteiger partial charge in [-0.2, -0.15) is 4.73 Å². The van der Waals surface area contributed by atoms with Gasteiger partial charge in [0.1, 0.15) is 10.2 Å². The number of amides is 1. The predicted octanol–water partition coefficient (Wildman–Crippen LogP) is 2.75. The predicted molar refractivity (Wildman–Crippen MR) is 105 cm³/mol. The minimum atomic E-state index is -0.693. The van der Waals surface area contributed by atoms with Gasteiger partial charge >= 0.3 is 18.0 Å². The molecule has 3 heterocycles. The first kappa shape index (κ1) is 21.3. The molecule has 1 aromatic rings. The molecular formula is C20H26N2O6S. The fourth-order valence-corrected chi connectivity index (χ4v) is 4.32. The van der Waals surface area contributed by atoms with E-state index >= 15 is 0 Å². The molecule has 29 heavy (non-hydrogen) atoms. The van der Waals surface area contributed by atoms with Crippen molar-refractivity contribution in [2.24, 2.45) is 11.8 Å². The number of carbonyl (C=O) groups excluding carboxylic acids is 3. The Hall–Kier alpha value is -2.42. The maximum Gasteiger partial charge on any atom is 0.410 e. The first-order valence-electron chi connectivity index (χ1n) is 9.61. The standard InChI is InChI=1S/C20H26N2O6S/c1-20(2,3)27-19(25)22-14-8-9-15(22)13(11-12(14)17(23)26-4)18(24)28-21-10-6-5-7-16(21)29/h5-7,10,12-15H,8-9,11H2,1-4H3/t12-,13?,14+,15-/m0/s1. The molecule has 158 valence electrons. The summed E-state index contributed by atoms with van der Waals surface area (Å²) in [6.45, 7) is 5.33. The summed E-state index contributed by atoms with van der Waals surface area (Å²) in [5.41, 5.74) is -0.693. The van der Waals surface area contributed by atoms with Gasteiger partial charge < -0.3 is 19.2 Å². The smallest absolute Gasteiger partial charge is 0.410 e. The summed E-state index contributed by atoms with van der Waals surface area (Å²) in [5, 5.41) is 0. The highest BCUT2D eigenvalue weighted by molar-refractivity contribution is 7.71. The third-order valence-electron chi connectivity index (χ3n) is 5.30. The molecule has 2 bridgehead atoms. The van der Waals surface area contributed by atoms with Gasteiger partial charge in [0.15, 0.2) is 0 Å². The normalized spacial score (nSPS) is 26.0. The van der Waals surface area contributed by atoms with Crippen molar-refractivity contribution in [2.45, 2.75) is 57.7 Å². The highest BCUT2D eigenvalue weighted by Gasteiger charge is 2.55. The van der Waals surface area contributed by atoms with E-state index in [-0.39, 0.29) is 12.5 Å². The Morgan fingerprint density at radius 1 is 1.07 bits per heavy atom. The van der Waals surface area contributed by atoms with Gasteiger partial charge in [-0.15, -0.1) is 0 Å². The summed E-state index contributed by atoms with van der Waals surface area (Å²) in [4.78, 5) is 45.3. The highest BCUT2D eigenvalue weighted by Crippen LogP contribution is 2.44. The Bertz CT molecular complexity index is 861. The van der Waals surface area contributed by atoms with Crippen molar-refractivity contribution in [3.8, 4) is 0 Å². The van der Waals surface area contributed by atoms with E-state index in [0.29, 0.717) is 17.5 Å². The lowest BCUT2D eigenvalue weighted by atomic mass is 9.83. The summed E-state index contributed by atoms with van der Waals surface area (Å²) < 4.78 is 12.0. The van der Waals surface area contributed by atoms with Crippen molar-refractivity contribution in [3.05, 3.63) is 29.0 Å². The molecule has 2 aliphatic rings. The third-order valence-corrected chi connectivity index (χ3v) is 5.61. The van der Waals surface area contributed by atoms with Crippen molar-refractivity contribution in [2.75, 3.05) is 7.11 Å². The first-order valence-corrected chi connectivity index (χ1v) is 10.0. The lowest BCUT2D eigenvalue weighted by Crippen LogP contribution is -2.57. The van der Waals surface area contributed by atoms with Crippen molar-refractivity contribution >= 4 is 30.2 Å². The molecule has 0 spiro atoms. The van der Waals surface area contributed by atoms with E-state index in [1.807, 2.05) is 0 Å². The zero-order valence-corrected chi connectivity index (χ0v) is 17.8. The van der Waals surface area contributed by atoms with Crippen LogP contribution in [0.5, 0.6) is 0 Å². The minimum absolute atomic E-state index is 0.250. The second kappa shape index (κ2) is 8.14. The summed E-state index contributed by atoms with van der Waals surface area (Å²) in [7, 11) is 1.30. The number of hydrogen-bond donors (Lipinski definition) is 0. The molecule has 2 fully saturated rings. The number of fused-ring (bicyclic) bond motifs is 2. The van der Waals surface area contributed by atoms with E-state index < -0.39 is 41.5 Å². The van der Waals surface area contributed by atoms with Gasteiger partial charge in [0.2, 0.25) is 0 Å². The molecule has 0 aliphatic carbocycles. The SMILES string of the molecule is COC(=O)[C@H]1CC(C(=O)On2ccccc2=S)[C@@H]2CC[C@H]1N2C(=O)OC(C)(C)C. The number of ether oxygens (including phenoxy) is 2. The Labute approximate surface area is 174 Å². The quantitative estimate of drug-likeness (QED) is 0.547. The number of pyridine rings is 1. The second-order valence-electron chi connectivity index (χ2n) is 8.35. The number of aromatic nitrogens is 1. The third kappa shape index (κ3) is 4.44. The Balaban J connectivity index is 1.89. The average Bonchev–Trinajstić information content (AvgIpc) is 2.98. The highest BCUT2D eigenvalue weighted by atomic mass is 32.1. The number of methoxy groups -OCH3 is 1. The molecule has 0 radical (unpaired) electrons. The number of hydrogen-bond acceptors (Lipinski definition) is 7. The van der Waals surface area contributed by atoms with Crippen LogP contribution < -0.4 is 4.84 Å².